The predicted octanol–water partition coefficient (Wildman–Crippen LogP) is 1.10. The Morgan fingerprint density at radius 1 is 1.29 bits per heavy atom. The van der Waals surface area contributed by atoms with Gasteiger partial charge in [0.25, 0.3) is 0 Å². The van der Waals surface area contributed by atoms with E-state index in [0.29, 0.717) is 18.9 Å². The molecule has 4 heteroatoms. The summed E-state index contributed by atoms with van der Waals surface area (Å²) < 4.78 is 0. The van der Waals surface area contributed by atoms with Crippen LogP contribution in [0.4, 0.5) is 4.79 Å². The van der Waals surface area contributed by atoms with Crippen LogP contribution < -0.4 is 10.6 Å². The lowest BCUT2D eigenvalue weighted by atomic mass is 10.0. The molecule has 2 amide bonds. The second-order valence-corrected chi connectivity index (χ2v) is 3.40. The Morgan fingerprint density at radius 2 is 1.93 bits per heavy atom. The number of amides is 2. The molecule has 4 nitrogen and oxygen atoms in total. The van der Waals surface area contributed by atoms with Gasteiger partial charge in [0.15, 0.2) is 0 Å². The minimum atomic E-state index is -0.134. The fourth-order valence-electron chi connectivity index (χ4n) is 1.16. The Kier molecular flexibility index (Phi) is 8.33. The van der Waals surface area contributed by atoms with Crippen LogP contribution in [0, 0.1) is 5.92 Å². The minimum Gasteiger partial charge on any atom is -0.396 e. The van der Waals surface area contributed by atoms with Crippen molar-refractivity contribution in [2.24, 2.45) is 5.92 Å². The molecule has 0 aliphatic heterocycles. The van der Waals surface area contributed by atoms with E-state index in [1.54, 1.807) is 0 Å². The van der Waals surface area contributed by atoms with E-state index in [9.17, 15) is 4.79 Å². The van der Waals surface area contributed by atoms with E-state index < -0.39 is 0 Å². The molecule has 0 bridgehead atoms. The number of urea groups is 1. The molecule has 0 aromatic rings. The first-order valence-electron chi connectivity index (χ1n) is 5.37. The van der Waals surface area contributed by atoms with Crippen LogP contribution >= 0.6 is 0 Å². The average Bonchev–Trinajstić information content (AvgIpc) is 2.20. The third kappa shape index (κ3) is 6.71. The van der Waals surface area contributed by atoms with Crippen LogP contribution in [0.25, 0.3) is 0 Å². The molecule has 0 radical (unpaired) electrons. The second-order valence-electron chi connectivity index (χ2n) is 3.40. The molecule has 0 atom stereocenters. The normalized spacial score (nSPS) is 10.3. The van der Waals surface area contributed by atoms with Crippen LogP contribution in [0.5, 0.6) is 0 Å². The van der Waals surface area contributed by atoms with Crippen LogP contribution in [0.3, 0.4) is 0 Å². The summed E-state index contributed by atoms with van der Waals surface area (Å²) in [5.41, 5.74) is 0. The van der Waals surface area contributed by atoms with Crippen molar-refractivity contribution in [1.82, 2.24) is 10.6 Å². The molecular formula is C10H22N2O2. The summed E-state index contributed by atoms with van der Waals surface area (Å²) >= 11 is 0. The zero-order valence-corrected chi connectivity index (χ0v) is 9.18. The number of hydrogen-bond acceptors (Lipinski definition) is 2. The molecule has 0 rings (SSSR count). The maximum absolute atomic E-state index is 11.2. The van der Waals surface area contributed by atoms with Crippen LogP contribution in [-0.4, -0.2) is 30.8 Å². The molecule has 3 N–H and O–H groups in total. The summed E-state index contributed by atoms with van der Waals surface area (Å²) in [7, 11) is 0. The first-order valence-corrected chi connectivity index (χ1v) is 5.37. The standard InChI is InChI=1S/C10H22N2O2/c1-3-9(4-2)8-12-10(14)11-6-5-7-13/h9,13H,3-8H2,1-2H3,(H2,11,12,14). The quantitative estimate of drug-likeness (QED) is 0.541. The van der Waals surface area contributed by atoms with Gasteiger partial charge in [-0.2, -0.15) is 0 Å². The molecule has 0 aliphatic rings. The smallest absolute Gasteiger partial charge is 0.314 e. The molecular weight excluding hydrogens is 180 g/mol. The molecule has 0 aliphatic carbocycles. The molecule has 84 valence electrons. The number of nitrogens with one attached hydrogen (secondary N) is 2. The topological polar surface area (TPSA) is 61.4 Å². The minimum absolute atomic E-state index is 0.118. The first-order chi connectivity index (χ1) is 6.74. The highest BCUT2D eigenvalue weighted by atomic mass is 16.3. The Hall–Kier alpha value is -0.770. The van der Waals surface area contributed by atoms with Crippen molar-refractivity contribution >= 4 is 6.03 Å². The summed E-state index contributed by atoms with van der Waals surface area (Å²) in [6.45, 7) is 5.63. The second kappa shape index (κ2) is 8.81. The third-order valence-electron chi connectivity index (χ3n) is 2.33. The van der Waals surface area contributed by atoms with Gasteiger partial charge in [-0.25, -0.2) is 4.79 Å². The number of hydrogen-bond donors (Lipinski definition) is 3. The van der Waals surface area contributed by atoms with Crippen molar-refractivity contribution in [3.8, 4) is 0 Å². The van der Waals surface area contributed by atoms with Crippen LogP contribution in [0.1, 0.15) is 33.1 Å². The summed E-state index contributed by atoms with van der Waals surface area (Å²) in [5, 5.41) is 14.0. The van der Waals surface area contributed by atoms with Crippen molar-refractivity contribution in [2.45, 2.75) is 33.1 Å². The van der Waals surface area contributed by atoms with Gasteiger partial charge in [0, 0.05) is 19.7 Å². The van der Waals surface area contributed by atoms with Crippen molar-refractivity contribution in [1.29, 1.82) is 0 Å². The molecule has 0 saturated heterocycles. The monoisotopic (exact) mass is 202 g/mol. The van der Waals surface area contributed by atoms with Gasteiger partial charge in [0.05, 0.1) is 0 Å². The van der Waals surface area contributed by atoms with Gasteiger partial charge < -0.3 is 15.7 Å². The van der Waals surface area contributed by atoms with Crippen LogP contribution in [0.15, 0.2) is 0 Å². The SMILES string of the molecule is CCC(CC)CNC(=O)NCCCO. The average molecular weight is 202 g/mol. The fourth-order valence-corrected chi connectivity index (χ4v) is 1.16. The van der Waals surface area contributed by atoms with Gasteiger partial charge in [-0.3, -0.25) is 0 Å². The summed E-state index contributed by atoms with van der Waals surface area (Å²) in [6.07, 6.45) is 2.79. The zero-order chi connectivity index (χ0) is 10.8. The Balaban J connectivity index is 3.42. The molecule has 0 heterocycles. The maximum atomic E-state index is 11.2. The van der Waals surface area contributed by atoms with Crippen molar-refractivity contribution in [3.05, 3.63) is 0 Å². The third-order valence-corrected chi connectivity index (χ3v) is 2.33. The van der Waals surface area contributed by atoms with E-state index >= 15 is 0 Å². The van der Waals surface area contributed by atoms with Crippen molar-refractivity contribution in [2.75, 3.05) is 19.7 Å². The number of rotatable bonds is 7. The molecule has 0 aromatic heterocycles. The molecule has 14 heavy (non-hydrogen) atoms. The van der Waals surface area contributed by atoms with E-state index in [1.165, 1.54) is 0 Å². The van der Waals surface area contributed by atoms with E-state index in [4.69, 9.17) is 5.11 Å². The van der Waals surface area contributed by atoms with E-state index in [1.807, 2.05) is 0 Å². The number of carbonyl (C=O) groups excluding carboxylic acids is 1. The lowest BCUT2D eigenvalue weighted by Crippen LogP contribution is -2.38. The van der Waals surface area contributed by atoms with Crippen molar-refractivity contribution < 1.29 is 9.90 Å². The summed E-state index contributed by atoms with van der Waals surface area (Å²) in [6, 6.07) is -0.134. The lowest BCUT2D eigenvalue weighted by molar-refractivity contribution is 0.236. The molecule has 0 spiro atoms. The van der Waals surface area contributed by atoms with Gasteiger partial charge in [-0.05, 0) is 12.3 Å². The Labute approximate surface area is 86.1 Å². The van der Waals surface area contributed by atoms with Gasteiger partial charge in [-0.1, -0.05) is 26.7 Å². The van der Waals surface area contributed by atoms with Crippen molar-refractivity contribution in [3.63, 3.8) is 0 Å². The van der Waals surface area contributed by atoms with Crippen LogP contribution in [0.2, 0.25) is 0 Å². The Morgan fingerprint density at radius 3 is 2.43 bits per heavy atom. The summed E-state index contributed by atoms with van der Waals surface area (Å²) in [5.74, 6) is 0.568. The highest BCUT2D eigenvalue weighted by molar-refractivity contribution is 5.73. The molecule has 0 aromatic carbocycles. The number of aliphatic hydroxyl groups is 1. The number of aliphatic hydroxyl groups excluding tert-OH is 1. The lowest BCUT2D eigenvalue weighted by Gasteiger charge is -2.13. The molecule has 0 unspecified atom stereocenters. The molecule has 0 saturated carbocycles. The fraction of sp³-hybridized carbons (Fsp3) is 0.900. The Bertz CT molecular complexity index is 147. The van der Waals surface area contributed by atoms with Crippen LogP contribution in [-0.2, 0) is 0 Å². The van der Waals surface area contributed by atoms with Gasteiger partial charge >= 0.3 is 6.03 Å². The summed E-state index contributed by atoms with van der Waals surface area (Å²) in [4.78, 5) is 11.2. The van der Waals surface area contributed by atoms with Gasteiger partial charge in [-0.15, -0.1) is 0 Å². The van der Waals surface area contributed by atoms with E-state index in [0.717, 1.165) is 19.4 Å². The largest absolute Gasteiger partial charge is 0.396 e. The van der Waals surface area contributed by atoms with Gasteiger partial charge in [0.1, 0.15) is 0 Å². The molecule has 0 fully saturated rings. The zero-order valence-electron chi connectivity index (χ0n) is 9.18. The van der Waals surface area contributed by atoms with Gasteiger partial charge in [0.2, 0.25) is 0 Å². The maximum Gasteiger partial charge on any atom is 0.314 e. The highest BCUT2D eigenvalue weighted by Gasteiger charge is 2.05. The predicted molar refractivity (Wildman–Crippen MR) is 57.2 cm³/mol. The van der Waals surface area contributed by atoms with E-state index in [2.05, 4.69) is 24.5 Å². The first kappa shape index (κ1) is 13.2. The van der Waals surface area contributed by atoms with E-state index in [-0.39, 0.29) is 12.6 Å². The highest BCUT2D eigenvalue weighted by Crippen LogP contribution is 2.04. The number of carbonyl (C=O) groups is 1.